The molecule has 2 heterocycles. The Kier molecular flexibility index (Phi) is 1.70. The van der Waals surface area contributed by atoms with Crippen molar-refractivity contribution in [2.45, 2.75) is 6.92 Å². The highest BCUT2D eigenvalue weighted by Gasteiger charge is 1.99. The number of nitrogens with zero attached hydrogens (tertiary/aromatic N) is 2. The van der Waals surface area contributed by atoms with Crippen LogP contribution < -0.4 is 0 Å². The van der Waals surface area contributed by atoms with Crippen molar-refractivity contribution in [3.8, 4) is 0 Å². The highest BCUT2D eigenvalue weighted by Crippen LogP contribution is 2.17. The number of fused-ring (bicyclic) bond motifs is 1. The lowest BCUT2D eigenvalue weighted by Gasteiger charge is -1.98. The van der Waals surface area contributed by atoms with Gasteiger partial charge in [0.05, 0.1) is 0 Å². The quantitative estimate of drug-likeness (QED) is 0.580. The molecule has 0 aliphatic rings. The summed E-state index contributed by atoms with van der Waals surface area (Å²) in [6.45, 7) is 1.93. The SMILES string of the molecule is Cc1cc2cccnc2nc1Cl. The molecule has 2 aromatic rings. The van der Waals surface area contributed by atoms with E-state index in [1.54, 1.807) is 6.20 Å². The summed E-state index contributed by atoms with van der Waals surface area (Å²) in [7, 11) is 0. The standard InChI is InChI=1S/C9H7ClN2/c1-6-5-7-3-2-4-11-9(7)12-8(6)10/h2-5H,1H3. The molecule has 0 radical (unpaired) electrons. The van der Waals surface area contributed by atoms with Crippen molar-refractivity contribution in [2.24, 2.45) is 0 Å². The molecule has 0 atom stereocenters. The lowest BCUT2D eigenvalue weighted by atomic mass is 10.2. The van der Waals surface area contributed by atoms with E-state index in [-0.39, 0.29) is 0 Å². The molecule has 0 saturated carbocycles. The maximum Gasteiger partial charge on any atom is 0.160 e. The fraction of sp³-hybridized carbons (Fsp3) is 0.111. The van der Waals surface area contributed by atoms with Crippen LogP contribution in [0.3, 0.4) is 0 Å². The van der Waals surface area contributed by atoms with Gasteiger partial charge in [-0.1, -0.05) is 11.6 Å². The van der Waals surface area contributed by atoms with E-state index in [1.165, 1.54) is 0 Å². The molecule has 60 valence electrons. The van der Waals surface area contributed by atoms with Gasteiger partial charge in [-0.25, -0.2) is 9.97 Å². The zero-order chi connectivity index (χ0) is 8.55. The van der Waals surface area contributed by atoms with E-state index in [1.807, 2.05) is 25.1 Å². The highest BCUT2D eigenvalue weighted by molar-refractivity contribution is 6.30. The van der Waals surface area contributed by atoms with E-state index in [2.05, 4.69) is 9.97 Å². The number of pyridine rings is 2. The molecule has 0 N–H and O–H groups in total. The summed E-state index contributed by atoms with van der Waals surface area (Å²) in [5.74, 6) is 0. The maximum absolute atomic E-state index is 5.84. The zero-order valence-electron chi connectivity index (χ0n) is 6.58. The first-order chi connectivity index (χ1) is 5.77. The van der Waals surface area contributed by atoms with Gasteiger partial charge >= 0.3 is 0 Å². The van der Waals surface area contributed by atoms with E-state index >= 15 is 0 Å². The summed E-state index contributed by atoms with van der Waals surface area (Å²) in [5.41, 5.74) is 1.69. The molecule has 3 heteroatoms. The summed E-state index contributed by atoms with van der Waals surface area (Å²) in [4.78, 5) is 8.22. The Morgan fingerprint density at radius 3 is 3.08 bits per heavy atom. The Hall–Kier alpha value is -1.15. The van der Waals surface area contributed by atoms with Crippen molar-refractivity contribution in [1.29, 1.82) is 0 Å². The predicted octanol–water partition coefficient (Wildman–Crippen LogP) is 2.59. The Morgan fingerprint density at radius 1 is 1.42 bits per heavy atom. The van der Waals surface area contributed by atoms with Crippen molar-refractivity contribution in [3.63, 3.8) is 0 Å². The first-order valence-corrected chi connectivity index (χ1v) is 4.03. The number of hydrogen-bond acceptors (Lipinski definition) is 2. The van der Waals surface area contributed by atoms with Crippen LogP contribution in [-0.2, 0) is 0 Å². The molecule has 2 aromatic heterocycles. The highest BCUT2D eigenvalue weighted by atomic mass is 35.5. The van der Waals surface area contributed by atoms with Crippen molar-refractivity contribution < 1.29 is 0 Å². The largest absolute Gasteiger partial charge is 0.237 e. The van der Waals surface area contributed by atoms with Gasteiger partial charge in [-0.3, -0.25) is 0 Å². The van der Waals surface area contributed by atoms with Crippen LogP contribution in [0, 0.1) is 6.92 Å². The molecule has 2 rings (SSSR count). The molecule has 0 fully saturated rings. The Balaban J connectivity index is 2.84. The van der Waals surface area contributed by atoms with Crippen molar-refractivity contribution in [3.05, 3.63) is 35.1 Å². The minimum atomic E-state index is 0.529. The summed E-state index contributed by atoms with van der Waals surface area (Å²) in [6, 6.07) is 5.84. The van der Waals surface area contributed by atoms with Crippen LogP contribution in [0.1, 0.15) is 5.56 Å². The molecule has 0 unspecified atom stereocenters. The van der Waals surface area contributed by atoms with Crippen LogP contribution in [-0.4, -0.2) is 9.97 Å². The summed E-state index contributed by atoms with van der Waals surface area (Å²) in [5, 5.41) is 1.56. The van der Waals surface area contributed by atoms with Crippen molar-refractivity contribution >= 4 is 22.6 Å². The zero-order valence-corrected chi connectivity index (χ0v) is 7.34. The first-order valence-electron chi connectivity index (χ1n) is 3.65. The lowest BCUT2D eigenvalue weighted by molar-refractivity contribution is 1.26. The van der Waals surface area contributed by atoms with Crippen molar-refractivity contribution in [1.82, 2.24) is 9.97 Å². The predicted molar refractivity (Wildman–Crippen MR) is 49.3 cm³/mol. The molecule has 0 aliphatic carbocycles. The smallest absolute Gasteiger partial charge is 0.160 e. The van der Waals surface area contributed by atoms with Crippen LogP contribution >= 0.6 is 11.6 Å². The number of aromatic nitrogens is 2. The average Bonchev–Trinajstić information content (AvgIpc) is 2.07. The van der Waals surface area contributed by atoms with Crippen LogP contribution in [0.2, 0.25) is 5.15 Å². The third-order valence-electron chi connectivity index (χ3n) is 1.72. The fourth-order valence-electron chi connectivity index (χ4n) is 1.09. The Labute approximate surface area is 75.2 Å². The summed E-state index contributed by atoms with van der Waals surface area (Å²) >= 11 is 5.84. The molecule has 2 nitrogen and oxygen atoms in total. The van der Waals surface area contributed by atoms with Crippen LogP contribution in [0.25, 0.3) is 11.0 Å². The van der Waals surface area contributed by atoms with Gasteiger partial charge in [-0.2, -0.15) is 0 Å². The topological polar surface area (TPSA) is 25.8 Å². The molecule has 12 heavy (non-hydrogen) atoms. The van der Waals surface area contributed by atoms with Gasteiger partial charge in [0.25, 0.3) is 0 Å². The van der Waals surface area contributed by atoms with Gasteiger partial charge in [0.2, 0.25) is 0 Å². The van der Waals surface area contributed by atoms with E-state index in [9.17, 15) is 0 Å². The van der Waals surface area contributed by atoms with Crippen LogP contribution in [0.15, 0.2) is 24.4 Å². The second kappa shape index (κ2) is 2.72. The minimum Gasteiger partial charge on any atom is -0.237 e. The Bertz CT molecular complexity index is 385. The first kappa shape index (κ1) is 7.50. The molecule has 0 aliphatic heterocycles. The molecule has 0 bridgehead atoms. The molecule has 0 spiro atoms. The van der Waals surface area contributed by atoms with E-state index in [0.717, 1.165) is 10.9 Å². The summed E-state index contributed by atoms with van der Waals surface area (Å²) < 4.78 is 0. The lowest BCUT2D eigenvalue weighted by Crippen LogP contribution is -1.86. The van der Waals surface area contributed by atoms with Gasteiger partial charge in [-0.05, 0) is 30.7 Å². The van der Waals surface area contributed by atoms with Gasteiger partial charge in [-0.15, -0.1) is 0 Å². The molecule has 0 saturated heterocycles. The van der Waals surface area contributed by atoms with Crippen molar-refractivity contribution in [2.75, 3.05) is 0 Å². The maximum atomic E-state index is 5.84. The third-order valence-corrected chi connectivity index (χ3v) is 2.10. The molecular weight excluding hydrogens is 172 g/mol. The molecular formula is C9H7ClN2. The monoisotopic (exact) mass is 178 g/mol. The van der Waals surface area contributed by atoms with Crippen LogP contribution in [0.4, 0.5) is 0 Å². The second-order valence-electron chi connectivity index (χ2n) is 2.65. The van der Waals surface area contributed by atoms with E-state index < -0.39 is 0 Å². The third kappa shape index (κ3) is 1.14. The van der Waals surface area contributed by atoms with Crippen LogP contribution in [0.5, 0.6) is 0 Å². The molecule has 0 amide bonds. The second-order valence-corrected chi connectivity index (χ2v) is 3.00. The van der Waals surface area contributed by atoms with Gasteiger partial charge in [0.1, 0.15) is 5.15 Å². The number of hydrogen-bond donors (Lipinski definition) is 0. The number of halogens is 1. The fourth-order valence-corrected chi connectivity index (χ4v) is 1.22. The van der Waals surface area contributed by atoms with Gasteiger partial charge in [0.15, 0.2) is 5.65 Å². The normalized spacial score (nSPS) is 10.5. The van der Waals surface area contributed by atoms with Gasteiger partial charge < -0.3 is 0 Å². The average molecular weight is 179 g/mol. The number of rotatable bonds is 0. The minimum absolute atomic E-state index is 0.529. The molecule has 0 aromatic carbocycles. The van der Waals surface area contributed by atoms with E-state index in [0.29, 0.717) is 10.8 Å². The Morgan fingerprint density at radius 2 is 2.25 bits per heavy atom. The van der Waals surface area contributed by atoms with Gasteiger partial charge in [0, 0.05) is 11.6 Å². The van der Waals surface area contributed by atoms with E-state index in [4.69, 9.17) is 11.6 Å². The summed E-state index contributed by atoms with van der Waals surface area (Å²) in [6.07, 6.45) is 1.71. The number of aryl methyl sites for hydroxylation is 1.